The van der Waals surface area contributed by atoms with Gasteiger partial charge in [-0.1, -0.05) is 12.1 Å². The normalized spacial score (nSPS) is 14.6. The molecular weight excluding hydrogens is 247 g/mol. The van der Waals surface area contributed by atoms with Crippen molar-refractivity contribution in [1.82, 2.24) is 9.78 Å². The first-order valence-electron chi connectivity index (χ1n) is 6.19. The molecular formula is C14H13FN2O2. The summed E-state index contributed by atoms with van der Waals surface area (Å²) >= 11 is 0. The number of carboxylic acids is 1. The van der Waals surface area contributed by atoms with Gasteiger partial charge in [0.25, 0.3) is 0 Å². The van der Waals surface area contributed by atoms with E-state index >= 15 is 0 Å². The Labute approximate surface area is 109 Å². The second-order valence-electron chi connectivity index (χ2n) is 4.82. The fourth-order valence-corrected chi connectivity index (χ4v) is 2.07. The lowest BCUT2D eigenvalue weighted by molar-refractivity contribution is 0.0684. The molecule has 1 heterocycles. The molecule has 0 atom stereocenters. The Morgan fingerprint density at radius 2 is 2.05 bits per heavy atom. The van der Waals surface area contributed by atoms with Gasteiger partial charge in [-0.2, -0.15) is 5.10 Å². The molecule has 3 rings (SSSR count). The fourth-order valence-electron chi connectivity index (χ4n) is 2.07. The third kappa shape index (κ3) is 2.50. The van der Waals surface area contributed by atoms with Crippen molar-refractivity contribution >= 4 is 5.97 Å². The molecule has 0 spiro atoms. The number of aromatic nitrogens is 2. The van der Waals surface area contributed by atoms with Crippen LogP contribution in [0.4, 0.5) is 4.39 Å². The average molecular weight is 260 g/mol. The van der Waals surface area contributed by atoms with E-state index in [4.69, 9.17) is 0 Å². The van der Waals surface area contributed by atoms with Crippen LogP contribution in [0.15, 0.2) is 30.3 Å². The second kappa shape index (κ2) is 4.50. The molecule has 0 unspecified atom stereocenters. The van der Waals surface area contributed by atoms with Gasteiger partial charge in [-0.05, 0) is 36.6 Å². The van der Waals surface area contributed by atoms with Gasteiger partial charge in [0, 0.05) is 5.92 Å². The van der Waals surface area contributed by atoms with Gasteiger partial charge in [-0.3, -0.25) is 4.68 Å². The van der Waals surface area contributed by atoms with E-state index in [1.807, 2.05) is 0 Å². The standard InChI is InChI=1S/C14H13FN2O2/c15-11-5-1-9(2-6-11)8-17-13(14(18)19)7-12(16-17)10-3-4-10/h1-2,5-7,10H,3-4,8H2,(H,18,19). The van der Waals surface area contributed by atoms with E-state index < -0.39 is 5.97 Å². The van der Waals surface area contributed by atoms with Crippen LogP contribution in [-0.2, 0) is 6.54 Å². The van der Waals surface area contributed by atoms with Gasteiger partial charge in [0.2, 0.25) is 0 Å². The molecule has 98 valence electrons. The molecule has 1 aromatic carbocycles. The number of nitrogens with zero attached hydrogens (tertiary/aromatic N) is 2. The molecule has 0 radical (unpaired) electrons. The Bertz CT molecular complexity index is 615. The van der Waals surface area contributed by atoms with E-state index in [0.717, 1.165) is 24.1 Å². The summed E-state index contributed by atoms with van der Waals surface area (Å²) in [7, 11) is 0. The molecule has 5 heteroatoms. The number of carboxylic acid groups (broad SMARTS) is 1. The molecule has 1 aliphatic rings. The summed E-state index contributed by atoms with van der Waals surface area (Å²) in [5, 5.41) is 13.5. The fraction of sp³-hybridized carbons (Fsp3) is 0.286. The summed E-state index contributed by atoms with van der Waals surface area (Å²) in [4.78, 5) is 11.2. The van der Waals surface area contributed by atoms with Gasteiger partial charge in [0.1, 0.15) is 11.5 Å². The van der Waals surface area contributed by atoms with Crippen molar-refractivity contribution in [1.29, 1.82) is 0 Å². The minimum absolute atomic E-state index is 0.186. The summed E-state index contributed by atoms with van der Waals surface area (Å²) in [5.41, 5.74) is 1.86. The first-order chi connectivity index (χ1) is 9.13. The number of halogens is 1. The minimum atomic E-state index is -0.985. The zero-order chi connectivity index (χ0) is 13.4. The van der Waals surface area contributed by atoms with Crippen LogP contribution in [0.25, 0.3) is 0 Å². The van der Waals surface area contributed by atoms with Crippen LogP contribution < -0.4 is 0 Å². The van der Waals surface area contributed by atoms with Crippen LogP contribution in [0, 0.1) is 5.82 Å². The molecule has 1 fully saturated rings. The van der Waals surface area contributed by atoms with Gasteiger partial charge < -0.3 is 5.11 Å². The van der Waals surface area contributed by atoms with Crippen molar-refractivity contribution < 1.29 is 14.3 Å². The van der Waals surface area contributed by atoms with Gasteiger partial charge >= 0.3 is 5.97 Å². The van der Waals surface area contributed by atoms with E-state index in [0.29, 0.717) is 12.5 Å². The summed E-state index contributed by atoms with van der Waals surface area (Å²) in [5.74, 6) is -0.879. The number of hydrogen-bond acceptors (Lipinski definition) is 2. The van der Waals surface area contributed by atoms with Crippen LogP contribution in [0.1, 0.15) is 40.5 Å². The quantitative estimate of drug-likeness (QED) is 0.919. The maximum absolute atomic E-state index is 12.8. The predicted molar refractivity (Wildman–Crippen MR) is 66.7 cm³/mol. The first kappa shape index (κ1) is 11.9. The van der Waals surface area contributed by atoms with Crippen LogP contribution >= 0.6 is 0 Å². The van der Waals surface area contributed by atoms with Crippen molar-refractivity contribution in [2.45, 2.75) is 25.3 Å². The molecule has 1 aromatic heterocycles. The van der Waals surface area contributed by atoms with Crippen LogP contribution in [0.2, 0.25) is 0 Å². The number of rotatable bonds is 4. The van der Waals surface area contributed by atoms with Crippen LogP contribution in [0.3, 0.4) is 0 Å². The smallest absolute Gasteiger partial charge is 0.354 e. The highest BCUT2D eigenvalue weighted by Gasteiger charge is 2.28. The van der Waals surface area contributed by atoms with Gasteiger partial charge in [0.15, 0.2) is 0 Å². The highest BCUT2D eigenvalue weighted by atomic mass is 19.1. The Morgan fingerprint density at radius 3 is 2.63 bits per heavy atom. The lowest BCUT2D eigenvalue weighted by atomic mass is 10.2. The van der Waals surface area contributed by atoms with Crippen molar-refractivity contribution in [3.8, 4) is 0 Å². The molecule has 4 nitrogen and oxygen atoms in total. The van der Waals surface area contributed by atoms with Crippen molar-refractivity contribution in [2.75, 3.05) is 0 Å². The first-order valence-corrected chi connectivity index (χ1v) is 6.19. The zero-order valence-electron chi connectivity index (χ0n) is 10.2. The molecule has 0 aliphatic heterocycles. The number of hydrogen-bond donors (Lipinski definition) is 1. The lowest BCUT2D eigenvalue weighted by Gasteiger charge is -2.04. The summed E-state index contributed by atoms with van der Waals surface area (Å²) < 4.78 is 14.3. The summed E-state index contributed by atoms with van der Waals surface area (Å²) in [6, 6.07) is 7.64. The topological polar surface area (TPSA) is 55.1 Å². The molecule has 2 aromatic rings. The Hall–Kier alpha value is -2.17. The SMILES string of the molecule is O=C(O)c1cc(C2CC2)nn1Cc1ccc(F)cc1. The highest BCUT2D eigenvalue weighted by molar-refractivity contribution is 5.85. The average Bonchev–Trinajstić information content (AvgIpc) is 3.14. The largest absolute Gasteiger partial charge is 0.477 e. The number of carbonyl (C=O) groups is 1. The van der Waals surface area contributed by atoms with E-state index in [2.05, 4.69) is 5.10 Å². The molecule has 1 aliphatic carbocycles. The van der Waals surface area contributed by atoms with Crippen molar-refractivity contribution in [3.63, 3.8) is 0 Å². The summed E-state index contributed by atoms with van der Waals surface area (Å²) in [6.45, 7) is 0.342. The molecule has 1 N–H and O–H groups in total. The van der Waals surface area contributed by atoms with Crippen LogP contribution in [-0.4, -0.2) is 20.9 Å². The lowest BCUT2D eigenvalue weighted by Crippen LogP contribution is -2.10. The monoisotopic (exact) mass is 260 g/mol. The van der Waals surface area contributed by atoms with Crippen molar-refractivity contribution in [2.24, 2.45) is 0 Å². The zero-order valence-corrected chi connectivity index (χ0v) is 10.2. The minimum Gasteiger partial charge on any atom is -0.477 e. The maximum Gasteiger partial charge on any atom is 0.354 e. The Kier molecular flexibility index (Phi) is 2.81. The van der Waals surface area contributed by atoms with E-state index in [-0.39, 0.29) is 11.5 Å². The number of benzene rings is 1. The van der Waals surface area contributed by atoms with Crippen molar-refractivity contribution in [3.05, 3.63) is 53.1 Å². The highest BCUT2D eigenvalue weighted by Crippen LogP contribution is 2.39. The number of aromatic carboxylic acids is 1. The maximum atomic E-state index is 12.8. The molecule has 1 saturated carbocycles. The van der Waals surface area contributed by atoms with Crippen LogP contribution in [0.5, 0.6) is 0 Å². The van der Waals surface area contributed by atoms with Gasteiger partial charge in [0.05, 0.1) is 12.2 Å². The van der Waals surface area contributed by atoms with E-state index in [9.17, 15) is 14.3 Å². The van der Waals surface area contributed by atoms with E-state index in [1.165, 1.54) is 16.8 Å². The molecule has 0 saturated heterocycles. The molecule has 0 bridgehead atoms. The summed E-state index contributed by atoms with van der Waals surface area (Å²) in [6.07, 6.45) is 2.15. The van der Waals surface area contributed by atoms with E-state index in [1.54, 1.807) is 18.2 Å². The third-order valence-corrected chi connectivity index (χ3v) is 3.26. The molecule has 0 amide bonds. The Balaban J connectivity index is 1.90. The predicted octanol–water partition coefficient (Wildman–Crippen LogP) is 2.65. The third-order valence-electron chi connectivity index (χ3n) is 3.26. The van der Waals surface area contributed by atoms with Gasteiger partial charge in [-0.15, -0.1) is 0 Å². The van der Waals surface area contributed by atoms with Gasteiger partial charge in [-0.25, -0.2) is 9.18 Å². The Morgan fingerprint density at radius 1 is 1.37 bits per heavy atom. The second-order valence-corrected chi connectivity index (χ2v) is 4.82. The molecule has 19 heavy (non-hydrogen) atoms.